The fourth-order valence-electron chi connectivity index (χ4n) is 3.25. The number of hydrogen-bond donors (Lipinski definition) is 2. The van der Waals surface area contributed by atoms with Gasteiger partial charge in [0, 0.05) is 12.5 Å². The van der Waals surface area contributed by atoms with Crippen molar-refractivity contribution in [3.05, 3.63) is 35.9 Å². The van der Waals surface area contributed by atoms with Crippen LogP contribution in [0.3, 0.4) is 0 Å². The molecule has 0 aromatic heterocycles. The van der Waals surface area contributed by atoms with Gasteiger partial charge in [0.05, 0.1) is 5.41 Å². The maximum absolute atomic E-state index is 12.4. The van der Waals surface area contributed by atoms with Crippen molar-refractivity contribution >= 4 is 11.9 Å². The van der Waals surface area contributed by atoms with E-state index >= 15 is 0 Å². The van der Waals surface area contributed by atoms with Crippen LogP contribution in [0.15, 0.2) is 30.3 Å². The van der Waals surface area contributed by atoms with Crippen molar-refractivity contribution in [3.63, 3.8) is 0 Å². The molecule has 4 nitrogen and oxygen atoms in total. The van der Waals surface area contributed by atoms with Crippen molar-refractivity contribution in [2.24, 2.45) is 16.7 Å². The molecular formula is C17H23NO3. The number of benzene rings is 1. The molecule has 1 fully saturated rings. The molecule has 21 heavy (non-hydrogen) atoms. The quantitative estimate of drug-likeness (QED) is 0.895. The molecule has 1 aromatic rings. The van der Waals surface area contributed by atoms with Crippen LogP contribution in [0.5, 0.6) is 0 Å². The minimum absolute atomic E-state index is 0.0474. The lowest BCUT2D eigenvalue weighted by Gasteiger charge is -2.37. The summed E-state index contributed by atoms with van der Waals surface area (Å²) in [5.41, 5.74) is -0.357. The van der Waals surface area contributed by atoms with Crippen LogP contribution in [0.25, 0.3) is 0 Å². The summed E-state index contributed by atoms with van der Waals surface area (Å²) < 4.78 is 0. The summed E-state index contributed by atoms with van der Waals surface area (Å²) in [5.74, 6) is -1.12. The van der Waals surface area contributed by atoms with Gasteiger partial charge in [-0.3, -0.25) is 9.59 Å². The third-order valence-electron chi connectivity index (χ3n) is 5.32. The second-order valence-corrected chi connectivity index (χ2v) is 6.65. The summed E-state index contributed by atoms with van der Waals surface area (Å²) in [6, 6.07) is 9.72. The minimum Gasteiger partial charge on any atom is -0.481 e. The fourth-order valence-corrected chi connectivity index (χ4v) is 3.25. The van der Waals surface area contributed by atoms with Crippen molar-refractivity contribution in [2.75, 3.05) is 0 Å². The lowest BCUT2D eigenvalue weighted by atomic mass is 9.65. The summed E-state index contributed by atoms with van der Waals surface area (Å²) >= 11 is 0. The molecule has 2 atom stereocenters. The van der Waals surface area contributed by atoms with E-state index in [-0.39, 0.29) is 11.8 Å². The van der Waals surface area contributed by atoms with Gasteiger partial charge in [-0.2, -0.15) is 0 Å². The number of rotatable bonds is 4. The van der Waals surface area contributed by atoms with Crippen LogP contribution < -0.4 is 5.32 Å². The molecule has 1 aromatic carbocycles. The van der Waals surface area contributed by atoms with Gasteiger partial charge < -0.3 is 10.4 Å². The summed E-state index contributed by atoms with van der Waals surface area (Å²) in [7, 11) is 0. The molecule has 0 radical (unpaired) electrons. The Balaban J connectivity index is 2.05. The minimum atomic E-state index is -0.845. The van der Waals surface area contributed by atoms with Gasteiger partial charge in [-0.25, -0.2) is 0 Å². The Bertz CT molecular complexity index is 538. The molecule has 0 saturated heterocycles. The van der Waals surface area contributed by atoms with E-state index in [1.54, 1.807) is 6.92 Å². The second kappa shape index (κ2) is 5.51. The van der Waals surface area contributed by atoms with Gasteiger partial charge in [0.1, 0.15) is 0 Å². The zero-order chi connectivity index (χ0) is 15.7. The Morgan fingerprint density at radius 2 is 1.86 bits per heavy atom. The monoisotopic (exact) mass is 289 g/mol. The summed E-state index contributed by atoms with van der Waals surface area (Å²) in [6.07, 6.45) is 1.16. The van der Waals surface area contributed by atoms with E-state index in [1.807, 2.05) is 44.2 Å². The number of hydrogen-bond acceptors (Lipinski definition) is 2. The Morgan fingerprint density at radius 1 is 1.24 bits per heavy atom. The van der Waals surface area contributed by atoms with Gasteiger partial charge in [-0.05, 0) is 30.7 Å². The van der Waals surface area contributed by atoms with Gasteiger partial charge in [-0.1, -0.05) is 44.2 Å². The first-order valence-electron chi connectivity index (χ1n) is 7.34. The van der Waals surface area contributed by atoms with Crippen LogP contribution in [-0.4, -0.2) is 17.0 Å². The smallest absolute Gasteiger partial charge is 0.309 e. The average molecular weight is 289 g/mol. The molecular weight excluding hydrogens is 266 g/mol. The standard InChI is InChI=1S/C17H23NO3/c1-16(2)13(9-10-17(16,3)15(20)21)14(19)18-11-12-7-5-4-6-8-12/h4-8,13H,9-11H2,1-3H3,(H,18,19)(H,20,21)/t13-,17+/m0/s1. The summed E-state index contributed by atoms with van der Waals surface area (Å²) in [6.45, 7) is 6.01. The second-order valence-electron chi connectivity index (χ2n) is 6.65. The molecule has 1 amide bonds. The van der Waals surface area contributed by atoms with Gasteiger partial charge in [-0.15, -0.1) is 0 Å². The van der Waals surface area contributed by atoms with Gasteiger partial charge >= 0.3 is 5.97 Å². The van der Waals surface area contributed by atoms with Gasteiger partial charge in [0.25, 0.3) is 0 Å². The number of aliphatic carboxylic acids is 1. The Kier molecular flexibility index (Phi) is 4.08. The zero-order valence-corrected chi connectivity index (χ0v) is 12.8. The van der Waals surface area contributed by atoms with Crippen molar-refractivity contribution in [3.8, 4) is 0 Å². The highest BCUT2D eigenvalue weighted by molar-refractivity contribution is 5.83. The SMILES string of the molecule is CC1(C)[C@H](C(=O)NCc2ccccc2)CC[C@]1(C)C(=O)O. The molecule has 114 valence electrons. The topological polar surface area (TPSA) is 66.4 Å². The largest absolute Gasteiger partial charge is 0.481 e. The third kappa shape index (κ3) is 2.67. The molecule has 1 aliphatic rings. The lowest BCUT2D eigenvalue weighted by molar-refractivity contribution is -0.155. The number of carboxylic acid groups (broad SMARTS) is 1. The maximum atomic E-state index is 12.4. The lowest BCUT2D eigenvalue weighted by Crippen LogP contribution is -2.45. The van der Waals surface area contributed by atoms with E-state index in [0.29, 0.717) is 19.4 Å². The fraction of sp³-hybridized carbons (Fsp3) is 0.529. The first kappa shape index (κ1) is 15.5. The van der Waals surface area contributed by atoms with Crippen LogP contribution in [0.1, 0.15) is 39.2 Å². The number of carbonyl (C=O) groups excluding carboxylic acids is 1. The molecule has 0 unspecified atom stereocenters. The first-order chi connectivity index (χ1) is 9.79. The van der Waals surface area contributed by atoms with E-state index in [0.717, 1.165) is 5.56 Å². The molecule has 0 bridgehead atoms. The molecule has 0 spiro atoms. The Morgan fingerprint density at radius 3 is 2.38 bits per heavy atom. The van der Waals surface area contributed by atoms with Crippen LogP contribution in [0.2, 0.25) is 0 Å². The maximum Gasteiger partial charge on any atom is 0.309 e. The van der Waals surface area contributed by atoms with E-state index in [9.17, 15) is 14.7 Å². The molecule has 0 aliphatic heterocycles. The highest BCUT2D eigenvalue weighted by Gasteiger charge is 2.58. The van der Waals surface area contributed by atoms with Crippen molar-refractivity contribution < 1.29 is 14.7 Å². The van der Waals surface area contributed by atoms with Crippen LogP contribution >= 0.6 is 0 Å². The van der Waals surface area contributed by atoms with Crippen LogP contribution in [-0.2, 0) is 16.1 Å². The predicted molar refractivity (Wildman–Crippen MR) is 80.5 cm³/mol. The van der Waals surface area contributed by atoms with E-state index in [1.165, 1.54) is 0 Å². The number of carbonyl (C=O) groups is 2. The van der Waals surface area contributed by atoms with Crippen molar-refractivity contribution in [1.82, 2.24) is 5.32 Å². The number of nitrogens with one attached hydrogen (secondary N) is 1. The number of carboxylic acids is 1. The molecule has 4 heteroatoms. The predicted octanol–water partition coefficient (Wildman–Crippen LogP) is 2.83. The van der Waals surface area contributed by atoms with Crippen molar-refractivity contribution in [1.29, 1.82) is 0 Å². The third-order valence-corrected chi connectivity index (χ3v) is 5.32. The normalized spacial score (nSPS) is 27.3. The zero-order valence-electron chi connectivity index (χ0n) is 12.8. The molecule has 1 aliphatic carbocycles. The average Bonchev–Trinajstić information content (AvgIpc) is 2.69. The van der Waals surface area contributed by atoms with E-state index in [4.69, 9.17) is 0 Å². The highest BCUT2D eigenvalue weighted by atomic mass is 16.4. The Hall–Kier alpha value is -1.84. The molecule has 0 heterocycles. The molecule has 1 saturated carbocycles. The summed E-state index contributed by atoms with van der Waals surface area (Å²) in [4.78, 5) is 24.0. The van der Waals surface area contributed by atoms with E-state index in [2.05, 4.69) is 5.32 Å². The Labute approximate surface area is 125 Å². The van der Waals surface area contributed by atoms with Crippen molar-refractivity contribution in [2.45, 2.75) is 40.2 Å². The molecule has 2 rings (SSSR count). The van der Waals surface area contributed by atoms with Gasteiger partial charge in [0.15, 0.2) is 0 Å². The van der Waals surface area contributed by atoms with Crippen LogP contribution in [0, 0.1) is 16.7 Å². The van der Waals surface area contributed by atoms with Gasteiger partial charge in [0.2, 0.25) is 5.91 Å². The van der Waals surface area contributed by atoms with Crippen LogP contribution in [0.4, 0.5) is 0 Å². The first-order valence-corrected chi connectivity index (χ1v) is 7.34. The highest BCUT2D eigenvalue weighted by Crippen LogP contribution is 2.56. The number of amides is 1. The molecule has 2 N–H and O–H groups in total. The summed E-state index contributed by atoms with van der Waals surface area (Å²) in [5, 5.41) is 12.4. The van der Waals surface area contributed by atoms with E-state index < -0.39 is 16.8 Å².